The van der Waals surface area contributed by atoms with E-state index in [2.05, 4.69) is 24.5 Å². The summed E-state index contributed by atoms with van der Waals surface area (Å²) in [5, 5.41) is 6.62. The summed E-state index contributed by atoms with van der Waals surface area (Å²) in [6.45, 7) is 7.62. The fraction of sp³-hybridized carbons (Fsp3) is 0.938. The number of carbonyl (C=O) groups excluding carboxylic acids is 1. The molecule has 2 fully saturated rings. The molecule has 0 spiro atoms. The third-order valence-corrected chi connectivity index (χ3v) is 5.05. The minimum absolute atomic E-state index is 0.264. The van der Waals surface area contributed by atoms with Crippen LogP contribution in [0.25, 0.3) is 0 Å². The van der Waals surface area contributed by atoms with Crippen LogP contribution in [0, 0.1) is 17.3 Å². The second kappa shape index (κ2) is 6.74. The number of amides is 1. The van der Waals surface area contributed by atoms with E-state index < -0.39 is 0 Å². The molecule has 0 aromatic heterocycles. The van der Waals surface area contributed by atoms with E-state index in [-0.39, 0.29) is 5.91 Å². The molecule has 2 N–H and O–H groups in total. The standard InChI is InChI=1S/C16H30N2O/c1-3-6-16(7-8-16)12-18-15(19)10-13(2)14-5-4-9-17-11-14/h13-14,17H,3-12H2,1-2H3,(H,18,19). The largest absolute Gasteiger partial charge is 0.356 e. The Labute approximate surface area is 117 Å². The molecule has 1 aliphatic carbocycles. The minimum Gasteiger partial charge on any atom is -0.356 e. The first kappa shape index (κ1) is 14.8. The molecule has 3 nitrogen and oxygen atoms in total. The molecule has 2 aliphatic rings. The Hall–Kier alpha value is -0.570. The minimum atomic E-state index is 0.264. The molecule has 19 heavy (non-hydrogen) atoms. The highest BCUT2D eigenvalue weighted by molar-refractivity contribution is 5.76. The van der Waals surface area contributed by atoms with E-state index in [4.69, 9.17) is 0 Å². The van der Waals surface area contributed by atoms with Crippen molar-refractivity contribution in [2.45, 2.75) is 58.8 Å². The predicted molar refractivity (Wildman–Crippen MR) is 79.0 cm³/mol. The molecule has 0 aromatic rings. The van der Waals surface area contributed by atoms with Gasteiger partial charge in [-0.3, -0.25) is 4.79 Å². The molecule has 1 heterocycles. The topological polar surface area (TPSA) is 41.1 Å². The van der Waals surface area contributed by atoms with Crippen LogP contribution < -0.4 is 10.6 Å². The average molecular weight is 266 g/mol. The summed E-state index contributed by atoms with van der Waals surface area (Å²) in [7, 11) is 0. The Morgan fingerprint density at radius 3 is 2.84 bits per heavy atom. The van der Waals surface area contributed by atoms with Crippen molar-refractivity contribution < 1.29 is 4.79 Å². The first-order valence-corrected chi connectivity index (χ1v) is 8.13. The van der Waals surface area contributed by atoms with Gasteiger partial charge in [-0.1, -0.05) is 20.3 Å². The molecule has 0 bridgehead atoms. The van der Waals surface area contributed by atoms with Crippen molar-refractivity contribution >= 4 is 5.91 Å². The molecular weight excluding hydrogens is 236 g/mol. The highest BCUT2D eigenvalue weighted by Crippen LogP contribution is 2.48. The zero-order valence-corrected chi connectivity index (χ0v) is 12.6. The molecule has 110 valence electrons. The van der Waals surface area contributed by atoms with Crippen molar-refractivity contribution in [3.05, 3.63) is 0 Å². The van der Waals surface area contributed by atoms with Gasteiger partial charge in [0.1, 0.15) is 0 Å². The molecule has 2 rings (SSSR count). The van der Waals surface area contributed by atoms with E-state index in [1.54, 1.807) is 0 Å². The summed E-state index contributed by atoms with van der Waals surface area (Å²) >= 11 is 0. The van der Waals surface area contributed by atoms with Crippen LogP contribution in [-0.2, 0) is 4.79 Å². The van der Waals surface area contributed by atoms with Gasteiger partial charge in [-0.25, -0.2) is 0 Å². The lowest BCUT2D eigenvalue weighted by molar-refractivity contribution is -0.122. The van der Waals surface area contributed by atoms with E-state index in [0.29, 0.717) is 23.7 Å². The van der Waals surface area contributed by atoms with Crippen LogP contribution in [0.3, 0.4) is 0 Å². The molecule has 2 unspecified atom stereocenters. The van der Waals surface area contributed by atoms with Crippen LogP contribution in [0.15, 0.2) is 0 Å². The summed E-state index contributed by atoms with van der Waals surface area (Å²) in [6, 6.07) is 0. The van der Waals surface area contributed by atoms with Crippen LogP contribution >= 0.6 is 0 Å². The van der Waals surface area contributed by atoms with Crippen LogP contribution in [0.5, 0.6) is 0 Å². The van der Waals surface area contributed by atoms with Gasteiger partial charge in [0.25, 0.3) is 0 Å². The number of hydrogen-bond donors (Lipinski definition) is 2. The molecule has 0 radical (unpaired) electrons. The third kappa shape index (κ3) is 4.48. The van der Waals surface area contributed by atoms with E-state index in [0.717, 1.165) is 19.6 Å². The Balaban J connectivity index is 1.66. The van der Waals surface area contributed by atoms with Gasteiger partial charge in [0.05, 0.1) is 0 Å². The van der Waals surface area contributed by atoms with Gasteiger partial charge in [0.15, 0.2) is 0 Å². The Kier molecular flexibility index (Phi) is 5.26. The first-order valence-electron chi connectivity index (χ1n) is 8.13. The average Bonchev–Trinajstić information content (AvgIpc) is 3.18. The number of nitrogens with one attached hydrogen (secondary N) is 2. The quantitative estimate of drug-likeness (QED) is 0.744. The van der Waals surface area contributed by atoms with Crippen molar-refractivity contribution in [1.82, 2.24) is 10.6 Å². The van der Waals surface area contributed by atoms with Gasteiger partial charge in [0.2, 0.25) is 5.91 Å². The van der Waals surface area contributed by atoms with Crippen molar-refractivity contribution in [2.24, 2.45) is 17.3 Å². The third-order valence-electron chi connectivity index (χ3n) is 5.05. The molecule has 1 saturated heterocycles. The zero-order chi connectivity index (χ0) is 13.7. The number of piperidine rings is 1. The van der Waals surface area contributed by atoms with Gasteiger partial charge in [-0.05, 0) is 62.4 Å². The van der Waals surface area contributed by atoms with E-state index in [1.165, 1.54) is 38.5 Å². The van der Waals surface area contributed by atoms with E-state index in [9.17, 15) is 4.79 Å². The van der Waals surface area contributed by atoms with Gasteiger partial charge in [-0.2, -0.15) is 0 Å². The Morgan fingerprint density at radius 1 is 1.47 bits per heavy atom. The van der Waals surface area contributed by atoms with Gasteiger partial charge >= 0.3 is 0 Å². The molecule has 3 heteroatoms. The smallest absolute Gasteiger partial charge is 0.220 e. The van der Waals surface area contributed by atoms with Crippen LogP contribution in [-0.4, -0.2) is 25.5 Å². The Bertz CT molecular complexity index is 293. The lowest BCUT2D eigenvalue weighted by Crippen LogP contribution is -2.36. The fourth-order valence-corrected chi connectivity index (χ4v) is 3.40. The summed E-state index contributed by atoms with van der Waals surface area (Å²) in [4.78, 5) is 12.0. The highest BCUT2D eigenvalue weighted by atomic mass is 16.1. The summed E-state index contributed by atoms with van der Waals surface area (Å²) in [5.74, 6) is 1.46. The zero-order valence-electron chi connectivity index (χ0n) is 12.6. The van der Waals surface area contributed by atoms with Crippen LogP contribution in [0.4, 0.5) is 0 Å². The van der Waals surface area contributed by atoms with E-state index >= 15 is 0 Å². The molecule has 1 aliphatic heterocycles. The molecular formula is C16H30N2O. The maximum absolute atomic E-state index is 12.0. The first-order chi connectivity index (χ1) is 9.15. The summed E-state index contributed by atoms with van der Waals surface area (Å²) < 4.78 is 0. The maximum atomic E-state index is 12.0. The van der Waals surface area contributed by atoms with Crippen molar-refractivity contribution in [2.75, 3.05) is 19.6 Å². The fourth-order valence-electron chi connectivity index (χ4n) is 3.40. The van der Waals surface area contributed by atoms with Crippen molar-refractivity contribution in [1.29, 1.82) is 0 Å². The lowest BCUT2D eigenvalue weighted by Gasteiger charge is -2.28. The number of carbonyl (C=O) groups is 1. The second-order valence-electron chi connectivity index (χ2n) is 6.81. The van der Waals surface area contributed by atoms with Gasteiger partial charge in [0, 0.05) is 13.0 Å². The number of hydrogen-bond acceptors (Lipinski definition) is 2. The lowest BCUT2D eigenvalue weighted by atomic mass is 9.85. The van der Waals surface area contributed by atoms with Crippen LogP contribution in [0.1, 0.15) is 58.8 Å². The predicted octanol–water partition coefficient (Wildman–Crippen LogP) is 2.71. The Morgan fingerprint density at radius 2 is 2.26 bits per heavy atom. The van der Waals surface area contributed by atoms with Crippen molar-refractivity contribution in [3.8, 4) is 0 Å². The molecule has 1 amide bonds. The van der Waals surface area contributed by atoms with Crippen molar-refractivity contribution in [3.63, 3.8) is 0 Å². The monoisotopic (exact) mass is 266 g/mol. The molecule has 0 aromatic carbocycles. The molecule has 1 saturated carbocycles. The summed E-state index contributed by atoms with van der Waals surface area (Å²) in [5.41, 5.74) is 0.472. The highest BCUT2D eigenvalue weighted by Gasteiger charge is 2.41. The van der Waals surface area contributed by atoms with Crippen LogP contribution in [0.2, 0.25) is 0 Å². The molecule has 2 atom stereocenters. The van der Waals surface area contributed by atoms with Gasteiger partial charge in [-0.15, -0.1) is 0 Å². The SMILES string of the molecule is CCCC1(CNC(=O)CC(C)C2CCCNC2)CC1. The maximum Gasteiger partial charge on any atom is 0.220 e. The normalized spacial score (nSPS) is 26.7. The van der Waals surface area contributed by atoms with E-state index in [1.807, 2.05) is 0 Å². The van der Waals surface area contributed by atoms with Gasteiger partial charge < -0.3 is 10.6 Å². The summed E-state index contributed by atoms with van der Waals surface area (Å²) in [6.07, 6.45) is 8.37. The number of rotatable bonds is 7. The second-order valence-corrected chi connectivity index (χ2v) is 6.81.